The monoisotopic (exact) mass is 212 g/mol. The van der Waals surface area contributed by atoms with Crippen LogP contribution in [-0.4, -0.2) is 23.0 Å². The fourth-order valence-corrected chi connectivity index (χ4v) is 1.03. The third-order valence-electron chi connectivity index (χ3n) is 2.07. The fraction of sp³-hybridized carbons (Fsp3) is 0.700. The molecule has 1 amide bonds. The van der Waals surface area contributed by atoms with Crippen LogP contribution in [-0.2, 0) is 9.59 Å². The van der Waals surface area contributed by atoms with Crippen LogP contribution < -0.4 is 5.32 Å². The average Bonchev–Trinajstić information content (AvgIpc) is 2.13. The number of hydrogen-bond acceptors (Lipinski definition) is 3. The van der Waals surface area contributed by atoms with Crippen molar-refractivity contribution in [3.05, 3.63) is 0 Å². The van der Waals surface area contributed by atoms with Crippen LogP contribution in [0.2, 0.25) is 0 Å². The molecule has 0 aromatic rings. The maximum Gasteiger partial charge on any atom is 0.326 e. The van der Waals surface area contributed by atoms with Gasteiger partial charge in [-0.3, -0.25) is 4.79 Å². The molecule has 2 N–H and O–H groups in total. The number of aliphatic carboxylic acids is 1. The lowest BCUT2D eigenvalue weighted by atomic mass is 9.98. The van der Waals surface area contributed by atoms with Crippen molar-refractivity contribution in [2.75, 3.05) is 0 Å². The molecule has 0 saturated carbocycles. The molecule has 0 aliphatic rings. The van der Waals surface area contributed by atoms with E-state index in [1.807, 2.05) is 6.07 Å². The third kappa shape index (κ3) is 4.45. The zero-order valence-corrected chi connectivity index (χ0v) is 9.15. The number of nitrogens with one attached hydrogen (secondary N) is 1. The molecule has 0 aromatic heterocycles. The molecule has 0 saturated heterocycles. The third-order valence-corrected chi connectivity index (χ3v) is 2.07. The number of carboxylic acid groups (broad SMARTS) is 1. The molecule has 0 spiro atoms. The zero-order valence-electron chi connectivity index (χ0n) is 9.15. The van der Waals surface area contributed by atoms with E-state index in [4.69, 9.17) is 10.4 Å². The number of carbonyl (C=O) groups excluding carboxylic acids is 1. The van der Waals surface area contributed by atoms with Gasteiger partial charge in [-0.25, -0.2) is 4.79 Å². The van der Waals surface area contributed by atoms with E-state index in [0.29, 0.717) is 0 Å². The van der Waals surface area contributed by atoms with Gasteiger partial charge in [0, 0.05) is 18.3 Å². The highest BCUT2D eigenvalue weighted by molar-refractivity contribution is 5.84. The minimum absolute atomic E-state index is 0.106. The van der Waals surface area contributed by atoms with Gasteiger partial charge in [0.05, 0.1) is 6.07 Å². The number of rotatable bonds is 5. The molecule has 0 aliphatic carbocycles. The Morgan fingerprint density at radius 3 is 2.27 bits per heavy atom. The van der Waals surface area contributed by atoms with Gasteiger partial charge in [-0.05, 0) is 0 Å². The molecule has 0 rings (SSSR count). The maximum absolute atomic E-state index is 11.3. The average molecular weight is 212 g/mol. The Morgan fingerprint density at radius 2 is 1.93 bits per heavy atom. The van der Waals surface area contributed by atoms with E-state index >= 15 is 0 Å². The lowest BCUT2D eigenvalue weighted by Crippen LogP contribution is -2.46. The molecular formula is C10H16N2O3. The molecule has 84 valence electrons. The molecule has 15 heavy (non-hydrogen) atoms. The van der Waals surface area contributed by atoms with Gasteiger partial charge in [-0.2, -0.15) is 5.26 Å². The molecule has 0 fully saturated rings. The van der Waals surface area contributed by atoms with Crippen molar-refractivity contribution in [1.29, 1.82) is 5.26 Å². The predicted octanol–water partition coefficient (Wildman–Crippen LogP) is 0.762. The summed E-state index contributed by atoms with van der Waals surface area (Å²) in [7, 11) is 0. The predicted molar refractivity (Wildman–Crippen MR) is 53.8 cm³/mol. The number of carbonyl (C=O) groups is 2. The topological polar surface area (TPSA) is 90.2 Å². The van der Waals surface area contributed by atoms with Gasteiger partial charge in [0.25, 0.3) is 0 Å². The molecule has 0 unspecified atom stereocenters. The first kappa shape index (κ1) is 13.4. The summed E-state index contributed by atoms with van der Waals surface area (Å²) in [6.45, 7) is 5.00. The van der Waals surface area contributed by atoms with E-state index in [0.717, 1.165) is 0 Å². The molecule has 0 aliphatic heterocycles. The van der Waals surface area contributed by atoms with Crippen molar-refractivity contribution >= 4 is 11.9 Å². The summed E-state index contributed by atoms with van der Waals surface area (Å²) in [5.74, 6) is -2.07. The minimum Gasteiger partial charge on any atom is -0.480 e. The van der Waals surface area contributed by atoms with E-state index in [2.05, 4.69) is 5.32 Å². The van der Waals surface area contributed by atoms with Crippen molar-refractivity contribution in [2.24, 2.45) is 11.8 Å². The fourth-order valence-electron chi connectivity index (χ4n) is 1.03. The van der Waals surface area contributed by atoms with Gasteiger partial charge >= 0.3 is 5.97 Å². The van der Waals surface area contributed by atoms with Gasteiger partial charge in [0.1, 0.15) is 6.04 Å². The van der Waals surface area contributed by atoms with Gasteiger partial charge < -0.3 is 10.4 Å². The van der Waals surface area contributed by atoms with E-state index in [1.165, 1.54) is 0 Å². The normalized spacial score (nSPS) is 14.1. The van der Waals surface area contributed by atoms with Crippen LogP contribution in [0.5, 0.6) is 0 Å². The number of amides is 1. The Morgan fingerprint density at radius 1 is 1.40 bits per heavy atom. The minimum atomic E-state index is -1.10. The molecule has 0 heterocycles. The Kier molecular flexibility index (Phi) is 5.39. The SMILES string of the molecule is CC(C)C(=O)N[C@@H](C(=O)O)[C@@H](C)CC#N. The van der Waals surface area contributed by atoms with Crippen LogP contribution in [0.4, 0.5) is 0 Å². The summed E-state index contributed by atoms with van der Waals surface area (Å²) in [6, 6.07) is 0.904. The summed E-state index contributed by atoms with van der Waals surface area (Å²) in [4.78, 5) is 22.2. The number of nitriles is 1. The Labute approximate surface area is 89.1 Å². The summed E-state index contributed by atoms with van der Waals surface area (Å²) in [5, 5.41) is 19.7. The highest BCUT2D eigenvalue weighted by Crippen LogP contribution is 2.08. The van der Waals surface area contributed by atoms with Crippen molar-refractivity contribution < 1.29 is 14.7 Å². The van der Waals surface area contributed by atoms with Crippen LogP contribution in [0.1, 0.15) is 27.2 Å². The number of nitrogens with zero attached hydrogens (tertiary/aromatic N) is 1. The second-order valence-corrected chi connectivity index (χ2v) is 3.82. The first-order valence-electron chi connectivity index (χ1n) is 4.80. The Balaban J connectivity index is 4.49. The maximum atomic E-state index is 11.3. The van der Waals surface area contributed by atoms with E-state index in [-0.39, 0.29) is 18.2 Å². The van der Waals surface area contributed by atoms with Crippen LogP contribution in [0.25, 0.3) is 0 Å². The second-order valence-electron chi connectivity index (χ2n) is 3.82. The standard InChI is InChI=1S/C10H16N2O3/c1-6(2)9(13)12-8(10(14)15)7(3)4-5-11/h6-8H,4H2,1-3H3,(H,12,13)(H,14,15)/t7-,8+/m0/s1. The molecule has 0 radical (unpaired) electrons. The lowest BCUT2D eigenvalue weighted by Gasteiger charge is -2.20. The number of hydrogen-bond donors (Lipinski definition) is 2. The lowest BCUT2D eigenvalue weighted by molar-refractivity contribution is -0.143. The van der Waals surface area contributed by atoms with Crippen molar-refractivity contribution in [2.45, 2.75) is 33.2 Å². The summed E-state index contributed by atoms with van der Waals surface area (Å²) in [6.07, 6.45) is 0.106. The van der Waals surface area contributed by atoms with E-state index in [9.17, 15) is 9.59 Å². The number of carboxylic acids is 1. The molecule has 2 atom stereocenters. The van der Waals surface area contributed by atoms with Crippen LogP contribution in [0.15, 0.2) is 0 Å². The largest absolute Gasteiger partial charge is 0.480 e. The van der Waals surface area contributed by atoms with Gasteiger partial charge in [-0.1, -0.05) is 20.8 Å². The summed E-state index contributed by atoms with van der Waals surface area (Å²) < 4.78 is 0. The van der Waals surface area contributed by atoms with Gasteiger partial charge in [0.15, 0.2) is 0 Å². The van der Waals surface area contributed by atoms with E-state index < -0.39 is 17.9 Å². The van der Waals surface area contributed by atoms with Crippen molar-refractivity contribution in [1.82, 2.24) is 5.32 Å². The van der Waals surface area contributed by atoms with Crippen LogP contribution in [0, 0.1) is 23.2 Å². The first-order chi connectivity index (χ1) is 6.90. The molecule has 5 nitrogen and oxygen atoms in total. The highest BCUT2D eigenvalue weighted by atomic mass is 16.4. The van der Waals surface area contributed by atoms with Crippen molar-refractivity contribution in [3.8, 4) is 6.07 Å². The zero-order chi connectivity index (χ0) is 12.0. The molecule has 0 aromatic carbocycles. The Hall–Kier alpha value is -1.57. The van der Waals surface area contributed by atoms with Crippen molar-refractivity contribution in [3.63, 3.8) is 0 Å². The van der Waals surface area contributed by atoms with Crippen LogP contribution >= 0.6 is 0 Å². The Bertz CT molecular complexity index is 281. The van der Waals surface area contributed by atoms with Crippen LogP contribution in [0.3, 0.4) is 0 Å². The molecule has 5 heteroatoms. The summed E-state index contributed by atoms with van der Waals surface area (Å²) in [5.41, 5.74) is 0. The van der Waals surface area contributed by atoms with Gasteiger partial charge in [0.2, 0.25) is 5.91 Å². The highest BCUT2D eigenvalue weighted by Gasteiger charge is 2.26. The summed E-state index contributed by atoms with van der Waals surface area (Å²) >= 11 is 0. The van der Waals surface area contributed by atoms with E-state index in [1.54, 1.807) is 20.8 Å². The molecular weight excluding hydrogens is 196 g/mol. The smallest absolute Gasteiger partial charge is 0.326 e. The van der Waals surface area contributed by atoms with Gasteiger partial charge in [-0.15, -0.1) is 0 Å². The second kappa shape index (κ2) is 6.02. The first-order valence-corrected chi connectivity index (χ1v) is 4.80. The molecule has 0 bridgehead atoms. The quantitative estimate of drug-likeness (QED) is 0.704.